The van der Waals surface area contributed by atoms with Crippen LogP contribution < -0.4 is 14.8 Å². The van der Waals surface area contributed by atoms with Gasteiger partial charge in [0.1, 0.15) is 12.4 Å². The van der Waals surface area contributed by atoms with Gasteiger partial charge in [0.05, 0.1) is 16.4 Å². The Labute approximate surface area is 175 Å². The summed E-state index contributed by atoms with van der Waals surface area (Å²) < 4.78 is 7.59. The molecule has 0 unspecified atom stereocenters. The summed E-state index contributed by atoms with van der Waals surface area (Å²) in [5.74, 6) is 1.21. The van der Waals surface area contributed by atoms with Gasteiger partial charge in [0.15, 0.2) is 5.82 Å². The first kappa shape index (κ1) is 18.3. The van der Waals surface area contributed by atoms with Crippen molar-refractivity contribution in [2.75, 3.05) is 0 Å². The van der Waals surface area contributed by atoms with Gasteiger partial charge in [-0.1, -0.05) is 59.4 Å². The van der Waals surface area contributed by atoms with E-state index in [0.717, 1.165) is 28.1 Å². The maximum absolute atomic E-state index is 12.8. The molecular weight excluding hydrogens is 398 g/mol. The number of thiazole rings is 1. The van der Waals surface area contributed by atoms with Gasteiger partial charge < -0.3 is 4.74 Å². The van der Waals surface area contributed by atoms with E-state index in [0.29, 0.717) is 15.3 Å². The number of nitrogens with one attached hydrogen (secondary N) is 1. The van der Waals surface area contributed by atoms with Gasteiger partial charge in [0, 0.05) is 11.1 Å². The Balaban J connectivity index is 1.43. The van der Waals surface area contributed by atoms with Crippen LogP contribution in [0.15, 0.2) is 65.6 Å². The van der Waals surface area contributed by atoms with Crippen LogP contribution >= 0.6 is 11.3 Å². The second-order valence-electron chi connectivity index (χ2n) is 6.81. The number of rotatable bonds is 5. The molecule has 5 rings (SSSR count). The summed E-state index contributed by atoms with van der Waals surface area (Å²) in [4.78, 5) is 17.8. The lowest BCUT2D eigenvalue weighted by Crippen LogP contribution is -2.24. The largest absolute Gasteiger partial charge is 0.486 e. The summed E-state index contributed by atoms with van der Waals surface area (Å²) in [6, 6.07) is 17.6. The molecule has 0 saturated carbocycles. The van der Waals surface area contributed by atoms with E-state index in [-0.39, 0.29) is 12.2 Å². The van der Waals surface area contributed by atoms with Gasteiger partial charge in [0.2, 0.25) is 4.96 Å². The summed E-state index contributed by atoms with van der Waals surface area (Å²) in [5, 5.41) is 11.4. The first-order valence-corrected chi connectivity index (χ1v) is 10.2. The van der Waals surface area contributed by atoms with Crippen molar-refractivity contribution in [1.82, 2.24) is 24.8 Å². The highest BCUT2D eigenvalue weighted by molar-refractivity contribution is 7.15. The number of ether oxygens (including phenoxy) is 1. The lowest BCUT2D eigenvalue weighted by atomic mass is 10.1. The highest BCUT2D eigenvalue weighted by Crippen LogP contribution is 2.21. The smallest absolute Gasteiger partial charge is 0.291 e. The summed E-state index contributed by atoms with van der Waals surface area (Å²) >= 11 is 1.29. The number of aromatic amines is 1. The Morgan fingerprint density at radius 2 is 1.93 bits per heavy atom. The molecule has 7 nitrogen and oxygen atoms in total. The maximum atomic E-state index is 12.8. The Bertz CT molecular complexity index is 1420. The van der Waals surface area contributed by atoms with E-state index in [9.17, 15) is 4.79 Å². The molecule has 0 fully saturated rings. The molecule has 0 aliphatic rings. The second-order valence-corrected chi connectivity index (χ2v) is 7.82. The highest BCUT2D eigenvalue weighted by atomic mass is 32.1. The van der Waals surface area contributed by atoms with Crippen LogP contribution in [-0.2, 0) is 6.61 Å². The molecule has 2 aromatic carbocycles. The van der Waals surface area contributed by atoms with Crippen LogP contribution in [0.2, 0.25) is 0 Å². The van der Waals surface area contributed by atoms with Crippen molar-refractivity contribution >= 4 is 22.4 Å². The molecule has 0 bridgehead atoms. The van der Waals surface area contributed by atoms with E-state index in [1.54, 1.807) is 6.20 Å². The normalized spacial score (nSPS) is 12.0. The molecule has 0 aliphatic heterocycles. The second kappa shape index (κ2) is 7.57. The third-order valence-electron chi connectivity index (χ3n) is 4.63. The monoisotopic (exact) mass is 415 g/mol. The molecule has 0 radical (unpaired) electrons. The molecule has 1 N–H and O–H groups in total. The number of H-pyrrole nitrogens is 1. The van der Waals surface area contributed by atoms with Crippen molar-refractivity contribution in [3.63, 3.8) is 0 Å². The minimum absolute atomic E-state index is 0.204. The fraction of sp³-hybridized carbons (Fsp3) is 0.0909. The van der Waals surface area contributed by atoms with Gasteiger partial charge in [-0.2, -0.15) is 14.6 Å². The Kier molecular flexibility index (Phi) is 4.61. The van der Waals surface area contributed by atoms with Crippen molar-refractivity contribution in [3.05, 3.63) is 92.6 Å². The van der Waals surface area contributed by atoms with E-state index in [2.05, 4.69) is 20.3 Å². The standard InChI is InChI=1S/C22H17N5O2S/c1-14-7-9-17(10-8-14)29-13-19-24-22-27(26-19)21(28)18(30-22)11-16-12-23-25-20(16)15-5-3-2-4-6-15/h2-12H,13H2,1H3,(H,23,25). The molecule has 3 heterocycles. The van der Waals surface area contributed by atoms with Crippen molar-refractivity contribution in [1.29, 1.82) is 0 Å². The average Bonchev–Trinajstić information content (AvgIpc) is 3.46. The van der Waals surface area contributed by atoms with Crippen molar-refractivity contribution in [3.8, 4) is 17.0 Å². The van der Waals surface area contributed by atoms with E-state index < -0.39 is 0 Å². The number of nitrogens with zero attached hydrogens (tertiary/aromatic N) is 4. The predicted molar refractivity (Wildman–Crippen MR) is 115 cm³/mol. The first-order chi connectivity index (χ1) is 14.7. The third kappa shape index (κ3) is 3.48. The van der Waals surface area contributed by atoms with Gasteiger partial charge in [-0.05, 0) is 25.1 Å². The maximum Gasteiger partial charge on any atom is 0.291 e. The number of aryl methyl sites for hydroxylation is 1. The van der Waals surface area contributed by atoms with E-state index in [1.807, 2.05) is 67.6 Å². The van der Waals surface area contributed by atoms with Crippen LogP contribution in [0.1, 0.15) is 17.0 Å². The van der Waals surface area contributed by atoms with Crippen LogP contribution in [0.4, 0.5) is 0 Å². The molecule has 0 amide bonds. The quantitative estimate of drug-likeness (QED) is 0.477. The predicted octanol–water partition coefficient (Wildman–Crippen LogP) is 2.98. The van der Waals surface area contributed by atoms with Crippen LogP contribution in [0, 0.1) is 6.92 Å². The summed E-state index contributed by atoms with van der Waals surface area (Å²) in [5.41, 5.74) is 3.66. The van der Waals surface area contributed by atoms with Crippen molar-refractivity contribution in [2.24, 2.45) is 0 Å². The lowest BCUT2D eigenvalue weighted by Gasteiger charge is -2.03. The number of aromatic nitrogens is 5. The SMILES string of the molecule is Cc1ccc(OCc2nc3sc(=Cc4cn[nH]c4-c4ccccc4)c(=O)n3n2)cc1. The zero-order valence-corrected chi connectivity index (χ0v) is 16.9. The van der Waals surface area contributed by atoms with Gasteiger partial charge in [-0.3, -0.25) is 9.89 Å². The van der Waals surface area contributed by atoms with Gasteiger partial charge in [0.25, 0.3) is 5.56 Å². The van der Waals surface area contributed by atoms with E-state index in [4.69, 9.17) is 4.74 Å². The van der Waals surface area contributed by atoms with Crippen LogP contribution in [0.25, 0.3) is 22.3 Å². The molecule has 0 aliphatic carbocycles. The topological polar surface area (TPSA) is 85.2 Å². The number of benzene rings is 2. The average molecular weight is 415 g/mol. The molecule has 148 valence electrons. The molecule has 8 heteroatoms. The highest BCUT2D eigenvalue weighted by Gasteiger charge is 2.12. The molecule has 3 aromatic heterocycles. The van der Waals surface area contributed by atoms with Crippen LogP contribution in [0.3, 0.4) is 0 Å². The summed E-state index contributed by atoms with van der Waals surface area (Å²) in [7, 11) is 0. The van der Waals surface area contributed by atoms with Gasteiger partial charge in [-0.25, -0.2) is 0 Å². The van der Waals surface area contributed by atoms with Crippen molar-refractivity contribution < 1.29 is 4.74 Å². The lowest BCUT2D eigenvalue weighted by molar-refractivity contribution is 0.296. The molecule has 30 heavy (non-hydrogen) atoms. The Hall–Kier alpha value is -3.78. The zero-order valence-electron chi connectivity index (χ0n) is 16.1. The number of fused-ring (bicyclic) bond motifs is 1. The fourth-order valence-electron chi connectivity index (χ4n) is 3.10. The van der Waals surface area contributed by atoms with Crippen LogP contribution in [0.5, 0.6) is 5.75 Å². The first-order valence-electron chi connectivity index (χ1n) is 9.36. The van der Waals surface area contributed by atoms with Gasteiger partial charge in [-0.15, -0.1) is 5.10 Å². The van der Waals surface area contributed by atoms with Crippen molar-refractivity contribution in [2.45, 2.75) is 13.5 Å². The summed E-state index contributed by atoms with van der Waals surface area (Å²) in [6.45, 7) is 2.22. The minimum atomic E-state index is -0.204. The number of hydrogen-bond acceptors (Lipinski definition) is 6. The molecule has 0 saturated heterocycles. The molecule has 0 spiro atoms. The minimum Gasteiger partial charge on any atom is -0.486 e. The molecular formula is C22H17N5O2S. The molecule has 0 atom stereocenters. The number of hydrogen-bond donors (Lipinski definition) is 1. The zero-order chi connectivity index (χ0) is 20.5. The summed E-state index contributed by atoms with van der Waals surface area (Å²) in [6.07, 6.45) is 3.52. The van der Waals surface area contributed by atoms with E-state index in [1.165, 1.54) is 15.9 Å². The molecule has 5 aromatic rings. The van der Waals surface area contributed by atoms with E-state index >= 15 is 0 Å². The fourth-order valence-corrected chi connectivity index (χ4v) is 4.02. The Morgan fingerprint density at radius 1 is 1.13 bits per heavy atom. The van der Waals surface area contributed by atoms with Crippen LogP contribution in [-0.4, -0.2) is 24.8 Å². The van der Waals surface area contributed by atoms with Gasteiger partial charge >= 0.3 is 0 Å². The Morgan fingerprint density at radius 3 is 2.70 bits per heavy atom. The third-order valence-corrected chi connectivity index (χ3v) is 5.59.